The third-order valence-corrected chi connectivity index (χ3v) is 6.58. The van der Waals surface area contributed by atoms with Crippen molar-refractivity contribution in [3.63, 3.8) is 0 Å². The molecule has 1 aromatic heterocycles. The molecule has 172 valence electrons. The molecule has 0 bridgehead atoms. The topological polar surface area (TPSA) is 70.6 Å². The number of aromatic nitrogens is 2. The van der Waals surface area contributed by atoms with Crippen LogP contribution in [0.3, 0.4) is 0 Å². The summed E-state index contributed by atoms with van der Waals surface area (Å²) in [5.41, 5.74) is 0.909. The summed E-state index contributed by atoms with van der Waals surface area (Å²) < 4.78 is 19.7. The lowest BCUT2D eigenvalue weighted by atomic mass is 9.72. The molecule has 0 radical (unpaired) electrons. The maximum atomic E-state index is 13.6. The number of alkyl halides is 1. The van der Waals surface area contributed by atoms with Gasteiger partial charge in [-0.25, -0.2) is 14.4 Å². The largest absolute Gasteiger partial charge is 0.486 e. The molecule has 4 rings (SSSR count). The Labute approximate surface area is 189 Å². The second kappa shape index (κ2) is 9.81. The number of hydrogen-bond acceptors (Lipinski definition) is 6. The van der Waals surface area contributed by atoms with Crippen molar-refractivity contribution < 1.29 is 13.9 Å². The minimum absolute atomic E-state index is 0.202. The monoisotopic (exact) mass is 441 g/mol. The summed E-state index contributed by atoms with van der Waals surface area (Å²) in [4.78, 5) is 25.5. The Kier molecular flexibility index (Phi) is 6.89. The van der Waals surface area contributed by atoms with Crippen molar-refractivity contribution in [1.82, 2.24) is 20.2 Å². The van der Waals surface area contributed by atoms with E-state index in [4.69, 9.17) is 4.74 Å². The van der Waals surface area contributed by atoms with Crippen molar-refractivity contribution in [3.05, 3.63) is 48.4 Å². The second-order valence-corrected chi connectivity index (χ2v) is 9.06. The van der Waals surface area contributed by atoms with Crippen LogP contribution in [0, 0.1) is 5.41 Å². The van der Waals surface area contributed by atoms with E-state index in [2.05, 4.69) is 20.2 Å². The van der Waals surface area contributed by atoms with Crippen LogP contribution in [0.2, 0.25) is 0 Å². The number of amides is 1. The fraction of sp³-hybridized carbons (Fsp3) is 0.542. The zero-order chi connectivity index (χ0) is 22.6. The third-order valence-electron chi connectivity index (χ3n) is 6.58. The van der Waals surface area contributed by atoms with E-state index in [1.807, 2.05) is 25.1 Å². The summed E-state index contributed by atoms with van der Waals surface area (Å²) in [6.07, 6.45) is 5.57. The van der Waals surface area contributed by atoms with Crippen LogP contribution >= 0.6 is 0 Å². The Morgan fingerprint density at radius 2 is 1.94 bits per heavy atom. The number of carbonyl (C=O) groups is 1. The van der Waals surface area contributed by atoms with E-state index in [0.717, 1.165) is 32.0 Å². The Morgan fingerprint density at radius 3 is 2.62 bits per heavy atom. The van der Waals surface area contributed by atoms with Gasteiger partial charge in [-0.3, -0.25) is 4.79 Å². The number of halogens is 1. The number of rotatable bonds is 8. The number of nitrogens with zero attached hydrogens (tertiary/aromatic N) is 4. The van der Waals surface area contributed by atoms with Crippen LogP contribution < -0.4 is 15.0 Å². The molecule has 0 saturated carbocycles. The van der Waals surface area contributed by atoms with Gasteiger partial charge in [-0.2, -0.15) is 0 Å². The van der Waals surface area contributed by atoms with E-state index >= 15 is 0 Å². The summed E-state index contributed by atoms with van der Waals surface area (Å²) in [5.74, 6) is 1.19. The molecule has 0 aliphatic carbocycles. The summed E-state index contributed by atoms with van der Waals surface area (Å²) in [5, 5.41) is 3.42. The van der Waals surface area contributed by atoms with Gasteiger partial charge < -0.3 is 19.9 Å². The smallest absolute Gasteiger partial charge is 0.254 e. The average Bonchev–Trinajstić information content (AvgIpc) is 2.82. The van der Waals surface area contributed by atoms with Crippen LogP contribution in [0.5, 0.6) is 5.75 Å². The fourth-order valence-corrected chi connectivity index (χ4v) is 4.77. The lowest BCUT2D eigenvalue weighted by molar-refractivity contribution is 0.0501. The average molecular weight is 442 g/mol. The lowest BCUT2D eigenvalue weighted by Gasteiger charge is -2.53. The molecule has 3 heterocycles. The van der Waals surface area contributed by atoms with Crippen LogP contribution in [-0.2, 0) is 0 Å². The maximum Gasteiger partial charge on any atom is 0.254 e. The first-order valence-corrected chi connectivity index (χ1v) is 11.4. The van der Waals surface area contributed by atoms with Crippen LogP contribution in [0.25, 0.3) is 0 Å². The quantitative estimate of drug-likeness (QED) is 0.679. The van der Waals surface area contributed by atoms with Gasteiger partial charge in [0.05, 0.1) is 18.3 Å². The molecule has 2 aromatic rings. The van der Waals surface area contributed by atoms with Crippen molar-refractivity contribution >= 4 is 11.7 Å². The summed E-state index contributed by atoms with van der Waals surface area (Å²) in [7, 11) is 0. The Bertz CT molecular complexity index is 898. The molecule has 2 atom stereocenters. The first-order chi connectivity index (χ1) is 15.5. The van der Waals surface area contributed by atoms with Gasteiger partial charge in [0.1, 0.15) is 19.6 Å². The third kappa shape index (κ3) is 4.70. The Balaban J connectivity index is 1.43. The van der Waals surface area contributed by atoms with E-state index in [0.29, 0.717) is 16.7 Å². The van der Waals surface area contributed by atoms with Crippen molar-refractivity contribution in [2.45, 2.75) is 38.8 Å². The first kappa shape index (κ1) is 22.5. The number of ether oxygens (including phenoxy) is 1. The highest BCUT2D eigenvalue weighted by Gasteiger charge is 2.44. The van der Waals surface area contributed by atoms with Gasteiger partial charge in [-0.1, -0.05) is 18.2 Å². The Hall–Kier alpha value is -2.74. The molecule has 1 N–H and O–H groups in total. The van der Waals surface area contributed by atoms with Gasteiger partial charge in [-0.05, 0) is 51.9 Å². The Morgan fingerprint density at radius 1 is 1.22 bits per heavy atom. The number of benzene rings is 1. The van der Waals surface area contributed by atoms with E-state index in [9.17, 15) is 9.18 Å². The van der Waals surface area contributed by atoms with Crippen molar-refractivity contribution in [2.75, 3.05) is 44.4 Å². The van der Waals surface area contributed by atoms with E-state index < -0.39 is 12.7 Å². The number of nitrogens with one attached hydrogen (secondary N) is 1. The molecule has 2 aliphatic rings. The predicted octanol–water partition coefficient (Wildman–Crippen LogP) is 2.93. The highest BCUT2D eigenvalue weighted by molar-refractivity contribution is 5.94. The van der Waals surface area contributed by atoms with Crippen LogP contribution in [0.1, 0.15) is 37.0 Å². The highest BCUT2D eigenvalue weighted by atomic mass is 19.1. The number of hydrogen-bond donors (Lipinski definition) is 1. The molecule has 2 saturated heterocycles. The molecule has 1 amide bonds. The minimum Gasteiger partial charge on any atom is -0.486 e. The van der Waals surface area contributed by atoms with E-state index in [-0.39, 0.29) is 18.6 Å². The minimum atomic E-state index is -0.618. The van der Waals surface area contributed by atoms with Crippen molar-refractivity contribution in [2.24, 2.45) is 5.41 Å². The van der Waals surface area contributed by atoms with Gasteiger partial charge in [0.15, 0.2) is 11.6 Å². The number of carbonyl (C=O) groups excluding carboxylic acids is 1. The molecule has 2 unspecified atom stereocenters. The zero-order valence-electron chi connectivity index (χ0n) is 18.8. The molecule has 1 aromatic carbocycles. The maximum absolute atomic E-state index is 13.6. The van der Waals surface area contributed by atoms with Crippen molar-refractivity contribution in [3.8, 4) is 5.75 Å². The second-order valence-electron chi connectivity index (χ2n) is 9.06. The molecule has 7 nitrogen and oxygen atoms in total. The van der Waals surface area contributed by atoms with Gasteiger partial charge in [0.2, 0.25) is 0 Å². The predicted molar refractivity (Wildman–Crippen MR) is 122 cm³/mol. The standard InChI is InChI=1S/C24H32FN5O2/c1-18(12-25)30(23(31)20-6-4-3-5-7-20)19(2)14-32-21-13-27-17-28-22(21)29-15-24(16-29)8-10-26-11-9-24/h3-7,13,17-19,26H,8-12,14-16H2,1-2H3. The molecule has 2 aliphatic heterocycles. The normalized spacial score (nSPS) is 19.2. The molecular formula is C24H32FN5O2. The first-order valence-electron chi connectivity index (χ1n) is 11.4. The van der Waals surface area contributed by atoms with Crippen LogP contribution in [-0.4, -0.2) is 72.3 Å². The lowest BCUT2D eigenvalue weighted by Crippen LogP contribution is -2.60. The summed E-state index contributed by atoms with van der Waals surface area (Å²) >= 11 is 0. The van der Waals surface area contributed by atoms with Gasteiger partial charge >= 0.3 is 0 Å². The molecule has 1 spiro atoms. The summed E-state index contributed by atoms with van der Waals surface area (Å²) in [6.45, 7) is 7.27. The van der Waals surface area contributed by atoms with Gasteiger partial charge in [-0.15, -0.1) is 0 Å². The molecule has 2 fully saturated rings. The van der Waals surface area contributed by atoms with Crippen LogP contribution in [0.15, 0.2) is 42.9 Å². The van der Waals surface area contributed by atoms with E-state index in [1.54, 1.807) is 30.2 Å². The summed E-state index contributed by atoms with van der Waals surface area (Å²) in [6, 6.07) is 8.09. The van der Waals surface area contributed by atoms with Crippen molar-refractivity contribution in [1.29, 1.82) is 0 Å². The highest BCUT2D eigenvalue weighted by Crippen LogP contribution is 2.42. The molecular weight excluding hydrogens is 409 g/mol. The SMILES string of the molecule is CC(CF)N(C(=O)c1ccccc1)C(C)COc1cncnc1N1CC2(CCNCC2)C1. The fourth-order valence-electron chi connectivity index (χ4n) is 4.77. The van der Waals surface area contributed by atoms with Gasteiger partial charge in [0, 0.05) is 24.1 Å². The number of anilines is 1. The van der Waals surface area contributed by atoms with E-state index in [1.165, 1.54) is 19.2 Å². The number of piperidine rings is 1. The zero-order valence-corrected chi connectivity index (χ0v) is 18.8. The van der Waals surface area contributed by atoms with Gasteiger partial charge in [0.25, 0.3) is 5.91 Å². The van der Waals surface area contributed by atoms with Crippen LogP contribution in [0.4, 0.5) is 10.2 Å². The molecule has 8 heteroatoms. The molecule has 32 heavy (non-hydrogen) atoms.